The van der Waals surface area contributed by atoms with Crippen molar-refractivity contribution in [1.29, 1.82) is 0 Å². The fraction of sp³-hybridized carbons (Fsp3) is 0.455. The molecule has 1 atom stereocenters. The van der Waals surface area contributed by atoms with Gasteiger partial charge in [0.05, 0.1) is 0 Å². The van der Waals surface area contributed by atoms with Gasteiger partial charge in [-0.25, -0.2) is 17.8 Å². The summed E-state index contributed by atoms with van der Waals surface area (Å²) in [6, 6.07) is 0.934. The summed E-state index contributed by atoms with van der Waals surface area (Å²) in [6.07, 6.45) is -5.15. The molecule has 1 aromatic heterocycles. The van der Waals surface area contributed by atoms with E-state index in [4.69, 9.17) is 5.73 Å². The third-order valence-corrected chi connectivity index (χ3v) is 4.65. The third-order valence-electron chi connectivity index (χ3n) is 3.01. The first kappa shape index (κ1) is 16.6. The van der Waals surface area contributed by atoms with Gasteiger partial charge in [0.15, 0.2) is 5.52 Å². The number of sulfonamides is 1. The summed E-state index contributed by atoms with van der Waals surface area (Å²) in [4.78, 5) is -0.174. The zero-order valence-electron chi connectivity index (χ0n) is 11.4. The molecule has 0 bridgehead atoms. The topological polar surface area (TPSA) is 111 Å². The van der Waals surface area contributed by atoms with E-state index in [1.807, 2.05) is 0 Å². The van der Waals surface area contributed by atoms with Crippen LogP contribution in [0, 0.1) is 6.92 Å². The van der Waals surface area contributed by atoms with Crippen molar-refractivity contribution < 1.29 is 26.2 Å². The molecule has 0 spiro atoms. The summed E-state index contributed by atoms with van der Waals surface area (Å²) in [5.41, 5.74) is 5.55. The number of hydrogen-bond donors (Lipinski definition) is 2. The van der Waals surface area contributed by atoms with Gasteiger partial charge in [-0.15, -0.1) is 0 Å². The van der Waals surface area contributed by atoms with Gasteiger partial charge in [0.2, 0.25) is 10.0 Å². The van der Waals surface area contributed by atoms with Crippen molar-refractivity contribution in [2.24, 2.45) is 5.73 Å². The zero-order chi connectivity index (χ0) is 16.5. The van der Waals surface area contributed by atoms with E-state index in [2.05, 4.69) is 19.7 Å². The number of hydrogen-bond acceptors (Lipinski definition) is 6. The molecule has 1 heterocycles. The smallest absolute Gasteiger partial charge is 0.320 e. The van der Waals surface area contributed by atoms with Gasteiger partial charge in [-0.05, 0) is 35.3 Å². The maximum atomic E-state index is 12.3. The molecule has 2 rings (SSSR count). The third kappa shape index (κ3) is 3.36. The first-order chi connectivity index (χ1) is 10.1. The first-order valence-electron chi connectivity index (χ1n) is 6.17. The lowest BCUT2D eigenvalue weighted by molar-refractivity contribution is -0.148. The second-order valence-corrected chi connectivity index (χ2v) is 6.38. The van der Waals surface area contributed by atoms with E-state index in [-0.39, 0.29) is 15.9 Å². The number of alkyl halides is 3. The second-order valence-electron chi connectivity index (χ2n) is 4.68. The van der Waals surface area contributed by atoms with Crippen molar-refractivity contribution in [2.75, 3.05) is 6.54 Å². The van der Waals surface area contributed by atoms with Crippen molar-refractivity contribution in [3.05, 3.63) is 17.7 Å². The van der Waals surface area contributed by atoms with Gasteiger partial charge in [-0.2, -0.15) is 13.2 Å². The average Bonchev–Trinajstić information content (AvgIpc) is 2.84. The molecular weight excluding hydrogens is 325 g/mol. The highest BCUT2D eigenvalue weighted by molar-refractivity contribution is 7.89. The van der Waals surface area contributed by atoms with Crippen LogP contribution >= 0.6 is 0 Å². The first-order valence-corrected chi connectivity index (χ1v) is 7.65. The highest BCUT2D eigenvalue weighted by Gasteiger charge is 2.36. The summed E-state index contributed by atoms with van der Waals surface area (Å²) >= 11 is 0. The summed E-state index contributed by atoms with van der Waals surface area (Å²) in [5, 5.41) is 7.05. The van der Waals surface area contributed by atoms with Crippen LogP contribution in [-0.4, -0.2) is 37.5 Å². The van der Waals surface area contributed by atoms with E-state index in [1.54, 1.807) is 0 Å². The number of halogens is 3. The van der Waals surface area contributed by atoms with Crippen LogP contribution in [0.1, 0.15) is 12.0 Å². The minimum Gasteiger partial charge on any atom is -0.320 e. The van der Waals surface area contributed by atoms with E-state index >= 15 is 0 Å². The Balaban J connectivity index is 2.20. The maximum absolute atomic E-state index is 12.3. The van der Waals surface area contributed by atoms with Crippen molar-refractivity contribution in [1.82, 2.24) is 15.0 Å². The Morgan fingerprint density at radius 2 is 2.05 bits per heavy atom. The van der Waals surface area contributed by atoms with Crippen molar-refractivity contribution in [3.63, 3.8) is 0 Å². The van der Waals surface area contributed by atoms with Gasteiger partial charge in [-0.1, -0.05) is 6.07 Å². The Morgan fingerprint density at radius 3 is 2.68 bits per heavy atom. The Morgan fingerprint density at radius 1 is 1.36 bits per heavy atom. The van der Waals surface area contributed by atoms with Gasteiger partial charge in [0, 0.05) is 6.54 Å². The quantitative estimate of drug-likeness (QED) is 0.844. The molecule has 0 saturated heterocycles. The van der Waals surface area contributed by atoms with Gasteiger partial charge in [-0.3, -0.25) is 0 Å². The molecule has 1 aromatic carbocycles. The molecular formula is C11H13F3N4O3S. The van der Waals surface area contributed by atoms with Crippen LogP contribution in [0.2, 0.25) is 0 Å². The minimum atomic E-state index is -4.57. The molecule has 3 N–H and O–H groups in total. The minimum absolute atomic E-state index is 0.0209. The Hall–Kier alpha value is -1.72. The fourth-order valence-electron chi connectivity index (χ4n) is 1.85. The van der Waals surface area contributed by atoms with Gasteiger partial charge in [0.1, 0.15) is 16.5 Å². The van der Waals surface area contributed by atoms with Gasteiger partial charge in [0.25, 0.3) is 0 Å². The molecule has 0 amide bonds. The predicted octanol–water partition coefficient (Wildman–Crippen LogP) is 1.09. The molecule has 7 nitrogen and oxygen atoms in total. The summed E-state index contributed by atoms with van der Waals surface area (Å²) in [7, 11) is -4.06. The van der Waals surface area contributed by atoms with E-state index in [9.17, 15) is 21.6 Å². The lowest BCUT2D eigenvalue weighted by atomic mass is 10.2. The number of benzene rings is 1. The Bertz CT molecular complexity index is 772. The van der Waals surface area contributed by atoms with E-state index in [0.29, 0.717) is 5.56 Å². The molecule has 1 unspecified atom stereocenters. The monoisotopic (exact) mass is 338 g/mol. The molecule has 22 heavy (non-hydrogen) atoms. The lowest BCUT2D eigenvalue weighted by Gasteiger charge is -2.16. The van der Waals surface area contributed by atoms with Crippen LogP contribution in [0.3, 0.4) is 0 Å². The lowest BCUT2D eigenvalue weighted by Crippen LogP contribution is -2.40. The number of rotatable bonds is 5. The van der Waals surface area contributed by atoms with Crippen LogP contribution in [-0.2, 0) is 10.0 Å². The Labute approximate surface area is 123 Å². The number of aromatic nitrogens is 2. The summed E-state index contributed by atoms with van der Waals surface area (Å²) in [5.74, 6) is 0. The maximum Gasteiger partial charge on any atom is 0.403 e. The number of nitrogens with zero attached hydrogens (tertiary/aromatic N) is 2. The molecule has 122 valence electrons. The van der Waals surface area contributed by atoms with E-state index in [1.165, 1.54) is 19.1 Å². The molecule has 2 aromatic rings. The van der Waals surface area contributed by atoms with Crippen LogP contribution in [0.4, 0.5) is 13.2 Å². The summed E-state index contributed by atoms with van der Waals surface area (Å²) in [6.45, 7) is 1.08. The van der Waals surface area contributed by atoms with Crippen molar-refractivity contribution in [3.8, 4) is 0 Å². The fourth-order valence-corrected chi connectivity index (χ4v) is 3.27. The molecule has 0 saturated carbocycles. The van der Waals surface area contributed by atoms with Crippen LogP contribution in [0.25, 0.3) is 11.0 Å². The SMILES string of the molecule is Cc1ccc2nonc2c1S(=O)(=O)NCCC(N)C(F)(F)F. The van der Waals surface area contributed by atoms with E-state index < -0.39 is 35.2 Å². The average molecular weight is 338 g/mol. The largest absolute Gasteiger partial charge is 0.403 e. The van der Waals surface area contributed by atoms with Crippen LogP contribution < -0.4 is 10.5 Å². The van der Waals surface area contributed by atoms with Crippen LogP contribution in [0.15, 0.2) is 21.7 Å². The zero-order valence-corrected chi connectivity index (χ0v) is 12.2. The molecule has 11 heteroatoms. The Kier molecular flexibility index (Phi) is 4.40. The normalized spacial score (nSPS) is 14.4. The van der Waals surface area contributed by atoms with Gasteiger partial charge >= 0.3 is 6.18 Å². The molecule has 0 aliphatic heterocycles. The molecule has 0 aliphatic rings. The number of fused-ring (bicyclic) bond motifs is 1. The second kappa shape index (κ2) is 5.82. The van der Waals surface area contributed by atoms with Crippen LogP contribution in [0.5, 0.6) is 0 Å². The molecule has 0 radical (unpaired) electrons. The predicted molar refractivity (Wildman–Crippen MR) is 70.4 cm³/mol. The van der Waals surface area contributed by atoms with Crippen molar-refractivity contribution in [2.45, 2.75) is 30.5 Å². The summed E-state index contributed by atoms with van der Waals surface area (Å²) < 4.78 is 67.9. The molecule has 0 aliphatic carbocycles. The van der Waals surface area contributed by atoms with E-state index in [0.717, 1.165) is 0 Å². The number of nitrogens with one attached hydrogen (secondary N) is 1. The van der Waals surface area contributed by atoms with Crippen molar-refractivity contribution >= 4 is 21.1 Å². The highest BCUT2D eigenvalue weighted by Crippen LogP contribution is 2.24. The molecule has 0 fully saturated rings. The highest BCUT2D eigenvalue weighted by atomic mass is 32.2. The van der Waals surface area contributed by atoms with Gasteiger partial charge < -0.3 is 5.73 Å². The standard InChI is InChI=1S/C11H13F3N4O3S/c1-6-2-3-7-9(18-21-17-7)10(6)22(19,20)16-5-4-8(15)11(12,13)14/h2-3,8,16H,4-5,15H2,1H3. The number of nitrogens with two attached hydrogens (primary N) is 1. The number of aryl methyl sites for hydroxylation is 1.